The summed E-state index contributed by atoms with van der Waals surface area (Å²) in [6.45, 7) is 1.90. The number of amides is 1. The SMILES string of the molecule is CCS(=O)CCNC(=O)c1cc(F)cc(S(=O)(=O)Cl)c1. The van der Waals surface area contributed by atoms with Gasteiger partial charge in [0.1, 0.15) is 5.82 Å². The van der Waals surface area contributed by atoms with Crippen LogP contribution in [0.4, 0.5) is 4.39 Å². The minimum atomic E-state index is -4.12. The Labute approximate surface area is 123 Å². The maximum absolute atomic E-state index is 13.3. The fraction of sp³-hybridized carbons (Fsp3) is 0.364. The second-order valence-electron chi connectivity index (χ2n) is 3.80. The van der Waals surface area contributed by atoms with Gasteiger partial charge in [0.25, 0.3) is 15.0 Å². The predicted molar refractivity (Wildman–Crippen MR) is 75.3 cm³/mol. The molecule has 0 aromatic heterocycles. The van der Waals surface area contributed by atoms with Gasteiger partial charge >= 0.3 is 0 Å². The molecule has 0 heterocycles. The van der Waals surface area contributed by atoms with Crippen LogP contribution in [0, 0.1) is 5.82 Å². The van der Waals surface area contributed by atoms with Crippen LogP contribution < -0.4 is 5.32 Å². The monoisotopic (exact) mass is 341 g/mol. The average Bonchev–Trinajstić information content (AvgIpc) is 2.36. The molecule has 0 aliphatic carbocycles. The summed E-state index contributed by atoms with van der Waals surface area (Å²) in [5, 5.41) is 2.43. The van der Waals surface area contributed by atoms with Crippen molar-refractivity contribution < 1.29 is 21.8 Å². The van der Waals surface area contributed by atoms with Crippen molar-refractivity contribution in [3.8, 4) is 0 Å². The van der Waals surface area contributed by atoms with Crippen molar-refractivity contribution in [2.24, 2.45) is 0 Å². The summed E-state index contributed by atoms with van der Waals surface area (Å²) < 4.78 is 46.7. The Morgan fingerprint density at radius 2 is 2.05 bits per heavy atom. The molecule has 9 heteroatoms. The maximum Gasteiger partial charge on any atom is 0.261 e. The first-order valence-corrected chi connectivity index (χ1v) is 9.42. The van der Waals surface area contributed by atoms with Crippen LogP contribution in [-0.2, 0) is 19.9 Å². The highest BCUT2D eigenvalue weighted by Gasteiger charge is 2.16. The number of hydrogen-bond donors (Lipinski definition) is 1. The minimum Gasteiger partial charge on any atom is -0.351 e. The van der Waals surface area contributed by atoms with Gasteiger partial charge in [-0.25, -0.2) is 12.8 Å². The van der Waals surface area contributed by atoms with E-state index in [0.29, 0.717) is 5.75 Å². The molecule has 5 nitrogen and oxygen atoms in total. The molecule has 1 rings (SSSR count). The van der Waals surface area contributed by atoms with Gasteiger partial charge in [-0.15, -0.1) is 0 Å². The van der Waals surface area contributed by atoms with Crippen molar-refractivity contribution in [2.75, 3.05) is 18.1 Å². The molecule has 0 spiro atoms. The standard InChI is InChI=1S/C11H13ClFNO4S2/c1-2-19(16)4-3-14-11(15)8-5-9(13)7-10(6-8)20(12,17)18/h5-7H,2-4H2,1H3,(H,14,15). The minimum absolute atomic E-state index is 0.152. The number of nitrogens with one attached hydrogen (secondary N) is 1. The lowest BCUT2D eigenvalue weighted by molar-refractivity contribution is 0.0955. The van der Waals surface area contributed by atoms with E-state index < -0.39 is 36.5 Å². The number of carbonyl (C=O) groups excluding carboxylic acids is 1. The van der Waals surface area contributed by atoms with Crippen LogP contribution in [0.15, 0.2) is 23.1 Å². The average molecular weight is 342 g/mol. The van der Waals surface area contributed by atoms with Gasteiger partial charge in [0, 0.05) is 45.1 Å². The lowest BCUT2D eigenvalue weighted by atomic mass is 10.2. The Bertz CT molecular complexity index is 633. The molecule has 1 unspecified atom stereocenters. The second kappa shape index (κ2) is 7.14. The Kier molecular flexibility index (Phi) is 6.09. The quantitative estimate of drug-likeness (QED) is 0.790. The summed E-state index contributed by atoms with van der Waals surface area (Å²) in [5.74, 6) is -0.781. The van der Waals surface area contributed by atoms with E-state index in [1.165, 1.54) is 0 Å². The van der Waals surface area contributed by atoms with Gasteiger partial charge in [-0.3, -0.25) is 9.00 Å². The normalized spacial score (nSPS) is 12.9. The van der Waals surface area contributed by atoms with E-state index in [2.05, 4.69) is 5.32 Å². The summed E-state index contributed by atoms with van der Waals surface area (Å²) in [6.07, 6.45) is 0. The molecular weight excluding hydrogens is 329 g/mol. The third kappa shape index (κ3) is 5.18. The van der Waals surface area contributed by atoms with Crippen LogP contribution in [0.25, 0.3) is 0 Å². The van der Waals surface area contributed by atoms with Crippen LogP contribution in [-0.4, -0.2) is 36.6 Å². The fourth-order valence-corrected chi connectivity index (χ4v) is 2.77. The summed E-state index contributed by atoms with van der Waals surface area (Å²) in [7, 11) is -0.0386. The zero-order chi connectivity index (χ0) is 15.3. The number of carbonyl (C=O) groups is 1. The Balaban J connectivity index is 2.83. The topological polar surface area (TPSA) is 80.3 Å². The van der Waals surface area contributed by atoms with Gasteiger partial charge in [-0.1, -0.05) is 6.92 Å². The van der Waals surface area contributed by atoms with E-state index in [0.717, 1.165) is 18.2 Å². The first-order valence-electron chi connectivity index (χ1n) is 5.62. The van der Waals surface area contributed by atoms with Crippen molar-refractivity contribution >= 4 is 36.4 Å². The summed E-state index contributed by atoms with van der Waals surface area (Å²) in [4.78, 5) is 11.2. The van der Waals surface area contributed by atoms with E-state index in [1.54, 1.807) is 6.92 Å². The van der Waals surface area contributed by atoms with Gasteiger partial charge in [-0.05, 0) is 18.2 Å². The van der Waals surface area contributed by atoms with E-state index in [1.807, 2.05) is 0 Å². The van der Waals surface area contributed by atoms with E-state index in [-0.39, 0.29) is 17.9 Å². The van der Waals surface area contributed by atoms with Crippen molar-refractivity contribution in [3.05, 3.63) is 29.6 Å². The lowest BCUT2D eigenvalue weighted by Crippen LogP contribution is -2.28. The van der Waals surface area contributed by atoms with Gasteiger partial charge in [-0.2, -0.15) is 0 Å². The molecule has 1 N–H and O–H groups in total. The molecule has 1 aromatic rings. The summed E-state index contributed by atoms with van der Waals surface area (Å²) in [5.41, 5.74) is -0.161. The number of hydrogen-bond acceptors (Lipinski definition) is 4. The molecule has 0 bridgehead atoms. The molecular formula is C11H13ClFNO4S2. The Morgan fingerprint density at radius 1 is 1.40 bits per heavy atom. The first-order chi connectivity index (χ1) is 9.24. The molecule has 1 aromatic carbocycles. The molecule has 0 aliphatic heterocycles. The van der Waals surface area contributed by atoms with Crippen molar-refractivity contribution in [1.82, 2.24) is 5.32 Å². The van der Waals surface area contributed by atoms with Crippen LogP contribution >= 0.6 is 10.7 Å². The third-order valence-corrected chi connectivity index (χ3v) is 4.99. The van der Waals surface area contributed by atoms with Gasteiger partial charge in [0.05, 0.1) is 4.90 Å². The van der Waals surface area contributed by atoms with Crippen molar-refractivity contribution in [1.29, 1.82) is 0 Å². The Hall–Kier alpha value is -0.990. The molecule has 20 heavy (non-hydrogen) atoms. The van der Waals surface area contributed by atoms with Crippen LogP contribution in [0.1, 0.15) is 17.3 Å². The largest absolute Gasteiger partial charge is 0.351 e. The number of benzene rings is 1. The molecule has 0 saturated carbocycles. The molecule has 0 aliphatic rings. The van der Waals surface area contributed by atoms with Crippen molar-refractivity contribution in [2.45, 2.75) is 11.8 Å². The molecule has 1 atom stereocenters. The summed E-state index contributed by atoms with van der Waals surface area (Å²) in [6, 6.07) is 2.61. The smallest absolute Gasteiger partial charge is 0.261 e. The fourth-order valence-electron chi connectivity index (χ4n) is 1.36. The number of halogens is 2. The number of rotatable bonds is 6. The zero-order valence-corrected chi connectivity index (χ0v) is 12.9. The van der Waals surface area contributed by atoms with Gasteiger partial charge in [0.15, 0.2) is 0 Å². The highest BCUT2D eigenvalue weighted by atomic mass is 35.7. The molecule has 0 radical (unpaired) electrons. The van der Waals surface area contributed by atoms with E-state index >= 15 is 0 Å². The maximum atomic E-state index is 13.3. The molecule has 1 amide bonds. The lowest BCUT2D eigenvalue weighted by Gasteiger charge is -2.06. The van der Waals surface area contributed by atoms with Crippen molar-refractivity contribution in [3.63, 3.8) is 0 Å². The highest BCUT2D eigenvalue weighted by molar-refractivity contribution is 8.13. The highest BCUT2D eigenvalue weighted by Crippen LogP contribution is 2.18. The van der Waals surface area contributed by atoms with Gasteiger partial charge < -0.3 is 5.32 Å². The summed E-state index contributed by atoms with van der Waals surface area (Å²) >= 11 is 0. The molecule has 112 valence electrons. The van der Waals surface area contributed by atoms with Crippen LogP contribution in [0.2, 0.25) is 0 Å². The van der Waals surface area contributed by atoms with E-state index in [9.17, 15) is 21.8 Å². The Morgan fingerprint density at radius 3 is 2.60 bits per heavy atom. The van der Waals surface area contributed by atoms with Crippen LogP contribution in [0.5, 0.6) is 0 Å². The van der Waals surface area contributed by atoms with E-state index in [4.69, 9.17) is 10.7 Å². The first kappa shape index (κ1) is 17.1. The van der Waals surface area contributed by atoms with Gasteiger partial charge in [0.2, 0.25) is 0 Å². The van der Waals surface area contributed by atoms with Crippen LogP contribution in [0.3, 0.4) is 0 Å². The second-order valence-corrected chi connectivity index (χ2v) is 8.23. The zero-order valence-electron chi connectivity index (χ0n) is 10.6. The molecule has 0 saturated heterocycles. The molecule has 0 fully saturated rings. The third-order valence-electron chi connectivity index (χ3n) is 2.35. The predicted octanol–water partition coefficient (Wildman–Crippen LogP) is 1.25.